The van der Waals surface area contributed by atoms with Gasteiger partial charge in [0, 0.05) is 6.54 Å². The van der Waals surface area contributed by atoms with E-state index in [1.165, 1.54) is 6.33 Å². The summed E-state index contributed by atoms with van der Waals surface area (Å²) in [6.07, 6.45) is 1.50. The summed E-state index contributed by atoms with van der Waals surface area (Å²) in [4.78, 5) is 8.22. The monoisotopic (exact) mass is 253 g/mol. The van der Waals surface area contributed by atoms with Crippen LogP contribution in [-0.4, -0.2) is 42.1 Å². The van der Waals surface area contributed by atoms with Gasteiger partial charge in [-0.2, -0.15) is 0 Å². The molecule has 1 unspecified atom stereocenters. The minimum Gasteiger partial charge on any atom is -0.481 e. The second-order valence-electron chi connectivity index (χ2n) is 4.69. The number of nitrogens with one attached hydrogen (secondary N) is 1. The van der Waals surface area contributed by atoms with E-state index in [-0.39, 0.29) is 6.10 Å². The van der Waals surface area contributed by atoms with Crippen molar-refractivity contribution in [2.75, 3.05) is 25.6 Å². The Morgan fingerprint density at radius 1 is 1.50 bits per heavy atom. The maximum atomic E-state index is 5.71. The van der Waals surface area contributed by atoms with Gasteiger partial charge in [-0.3, -0.25) is 0 Å². The van der Waals surface area contributed by atoms with Crippen molar-refractivity contribution in [1.29, 1.82) is 0 Å². The Labute approximate surface area is 107 Å². The molecule has 0 aromatic carbocycles. The molecule has 18 heavy (non-hydrogen) atoms. The van der Waals surface area contributed by atoms with Crippen LogP contribution in [-0.2, 0) is 9.47 Å². The molecule has 0 saturated carbocycles. The molecule has 1 saturated heterocycles. The van der Waals surface area contributed by atoms with Gasteiger partial charge in [-0.15, -0.1) is 0 Å². The Hall–Kier alpha value is -1.40. The van der Waals surface area contributed by atoms with E-state index in [4.69, 9.17) is 14.2 Å². The lowest BCUT2D eigenvalue weighted by Crippen LogP contribution is -2.26. The molecule has 0 spiro atoms. The molecule has 2 heterocycles. The fourth-order valence-corrected chi connectivity index (χ4v) is 1.89. The number of aromatic nitrogens is 2. The van der Waals surface area contributed by atoms with E-state index in [0.717, 1.165) is 11.4 Å². The van der Waals surface area contributed by atoms with E-state index in [2.05, 4.69) is 15.3 Å². The second kappa shape index (κ2) is 5.07. The van der Waals surface area contributed by atoms with E-state index in [1.807, 2.05) is 20.8 Å². The van der Waals surface area contributed by atoms with Gasteiger partial charge in [-0.1, -0.05) is 0 Å². The Balaban J connectivity index is 1.95. The summed E-state index contributed by atoms with van der Waals surface area (Å²) in [6.45, 7) is 6.96. The molecule has 0 aliphatic carbocycles. The number of anilines is 1. The van der Waals surface area contributed by atoms with Gasteiger partial charge >= 0.3 is 0 Å². The summed E-state index contributed by atoms with van der Waals surface area (Å²) < 4.78 is 16.3. The molecule has 1 aliphatic rings. The first-order chi connectivity index (χ1) is 8.52. The normalized spacial score (nSPS) is 21.9. The highest BCUT2D eigenvalue weighted by Gasteiger charge is 2.32. The summed E-state index contributed by atoms with van der Waals surface area (Å²) in [5.74, 6) is 0.844. The Morgan fingerprint density at radius 3 is 2.89 bits per heavy atom. The third-order valence-electron chi connectivity index (χ3n) is 2.80. The number of methoxy groups -OCH3 is 1. The summed E-state index contributed by atoms with van der Waals surface area (Å²) in [7, 11) is 1.59. The van der Waals surface area contributed by atoms with Gasteiger partial charge < -0.3 is 19.5 Å². The van der Waals surface area contributed by atoms with Crippen LogP contribution in [0.3, 0.4) is 0 Å². The van der Waals surface area contributed by atoms with Crippen LogP contribution in [0.25, 0.3) is 0 Å². The van der Waals surface area contributed by atoms with Crippen molar-refractivity contribution < 1.29 is 14.2 Å². The van der Waals surface area contributed by atoms with Crippen LogP contribution in [0.5, 0.6) is 5.88 Å². The Bertz CT molecular complexity index is 423. The highest BCUT2D eigenvalue weighted by molar-refractivity contribution is 5.47. The standard InChI is InChI=1S/C12H19N3O3/c1-8-10(14-7-15-11(8)16-4)13-5-9-6-17-12(2,3)18-9/h7,9H,5-6H2,1-4H3,(H,13,14,15). The summed E-state index contributed by atoms with van der Waals surface area (Å²) in [5, 5.41) is 3.23. The molecule has 2 rings (SSSR count). The lowest BCUT2D eigenvalue weighted by Gasteiger charge is -2.17. The minimum atomic E-state index is -0.495. The van der Waals surface area contributed by atoms with E-state index in [1.54, 1.807) is 7.11 Å². The zero-order valence-electron chi connectivity index (χ0n) is 11.2. The van der Waals surface area contributed by atoms with E-state index >= 15 is 0 Å². The number of ether oxygens (including phenoxy) is 3. The highest BCUT2D eigenvalue weighted by atomic mass is 16.7. The zero-order valence-corrected chi connectivity index (χ0v) is 11.2. The van der Waals surface area contributed by atoms with Crippen molar-refractivity contribution in [1.82, 2.24) is 9.97 Å². The summed E-state index contributed by atoms with van der Waals surface area (Å²) in [6, 6.07) is 0. The van der Waals surface area contributed by atoms with E-state index in [0.29, 0.717) is 19.0 Å². The van der Waals surface area contributed by atoms with Crippen LogP contribution in [0.4, 0.5) is 5.82 Å². The van der Waals surface area contributed by atoms with Crippen molar-refractivity contribution in [3.8, 4) is 5.88 Å². The fourth-order valence-electron chi connectivity index (χ4n) is 1.89. The van der Waals surface area contributed by atoms with Crippen LogP contribution < -0.4 is 10.1 Å². The number of rotatable bonds is 4. The lowest BCUT2D eigenvalue weighted by molar-refractivity contribution is -0.136. The third kappa shape index (κ3) is 2.88. The molecule has 1 aromatic rings. The van der Waals surface area contributed by atoms with Crippen LogP contribution in [0.15, 0.2) is 6.33 Å². The average Bonchev–Trinajstić information content (AvgIpc) is 2.68. The van der Waals surface area contributed by atoms with Crippen LogP contribution >= 0.6 is 0 Å². The van der Waals surface area contributed by atoms with Crippen LogP contribution in [0.2, 0.25) is 0 Å². The number of hydrogen-bond acceptors (Lipinski definition) is 6. The van der Waals surface area contributed by atoms with Crippen molar-refractivity contribution >= 4 is 5.82 Å². The van der Waals surface area contributed by atoms with E-state index in [9.17, 15) is 0 Å². The zero-order chi connectivity index (χ0) is 13.2. The molecule has 6 heteroatoms. The summed E-state index contributed by atoms with van der Waals surface area (Å²) in [5.41, 5.74) is 0.887. The maximum absolute atomic E-state index is 5.71. The molecule has 6 nitrogen and oxygen atoms in total. The van der Waals surface area contributed by atoms with Crippen molar-refractivity contribution in [3.05, 3.63) is 11.9 Å². The topological polar surface area (TPSA) is 65.5 Å². The molecular weight excluding hydrogens is 234 g/mol. The van der Waals surface area contributed by atoms with Gasteiger partial charge in [0.1, 0.15) is 18.2 Å². The lowest BCUT2D eigenvalue weighted by atomic mass is 10.3. The molecule has 1 aromatic heterocycles. The van der Waals surface area contributed by atoms with Crippen molar-refractivity contribution in [3.63, 3.8) is 0 Å². The van der Waals surface area contributed by atoms with Gasteiger partial charge in [-0.05, 0) is 20.8 Å². The molecular formula is C12H19N3O3. The molecule has 1 N–H and O–H groups in total. The molecule has 1 aliphatic heterocycles. The predicted molar refractivity (Wildman–Crippen MR) is 66.7 cm³/mol. The molecule has 1 fully saturated rings. The van der Waals surface area contributed by atoms with Gasteiger partial charge in [-0.25, -0.2) is 9.97 Å². The molecule has 0 bridgehead atoms. The van der Waals surface area contributed by atoms with Crippen LogP contribution in [0.1, 0.15) is 19.4 Å². The second-order valence-corrected chi connectivity index (χ2v) is 4.69. The summed E-state index contributed by atoms with van der Waals surface area (Å²) >= 11 is 0. The predicted octanol–water partition coefficient (Wildman–Crippen LogP) is 1.36. The smallest absolute Gasteiger partial charge is 0.221 e. The molecule has 1 atom stereocenters. The fraction of sp³-hybridized carbons (Fsp3) is 0.667. The Morgan fingerprint density at radius 2 is 2.28 bits per heavy atom. The molecule has 0 radical (unpaired) electrons. The van der Waals surface area contributed by atoms with Gasteiger partial charge in [0.2, 0.25) is 5.88 Å². The Kier molecular flexibility index (Phi) is 3.68. The van der Waals surface area contributed by atoms with Crippen molar-refractivity contribution in [2.24, 2.45) is 0 Å². The minimum absolute atomic E-state index is 0.0281. The number of hydrogen-bond donors (Lipinski definition) is 1. The first-order valence-electron chi connectivity index (χ1n) is 5.93. The molecule has 100 valence electrons. The highest BCUT2D eigenvalue weighted by Crippen LogP contribution is 2.24. The van der Waals surface area contributed by atoms with Gasteiger partial charge in [0.05, 0.1) is 19.3 Å². The average molecular weight is 253 g/mol. The largest absolute Gasteiger partial charge is 0.481 e. The third-order valence-corrected chi connectivity index (χ3v) is 2.80. The maximum Gasteiger partial charge on any atom is 0.221 e. The van der Waals surface area contributed by atoms with E-state index < -0.39 is 5.79 Å². The quantitative estimate of drug-likeness (QED) is 0.874. The SMILES string of the molecule is COc1ncnc(NCC2COC(C)(C)O2)c1C. The van der Waals surface area contributed by atoms with Gasteiger partial charge in [0.25, 0.3) is 0 Å². The first-order valence-corrected chi connectivity index (χ1v) is 5.93. The molecule has 0 amide bonds. The van der Waals surface area contributed by atoms with Gasteiger partial charge in [0.15, 0.2) is 5.79 Å². The van der Waals surface area contributed by atoms with Crippen molar-refractivity contribution in [2.45, 2.75) is 32.7 Å². The van der Waals surface area contributed by atoms with Crippen LogP contribution in [0, 0.1) is 6.92 Å². The number of nitrogens with zero attached hydrogens (tertiary/aromatic N) is 2. The first kappa shape index (κ1) is 13.0.